The van der Waals surface area contributed by atoms with Crippen LogP contribution in [0.2, 0.25) is 0 Å². The van der Waals surface area contributed by atoms with Crippen LogP contribution in [0.1, 0.15) is 105 Å². The highest BCUT2D eigenvalue weighted by atomic mass is 31.1. The lowest BCUT2D eigenvalue weighted by Gasteiger charge is -2.35. The van der Waals surface area contributed by atoms with E-state index >= 15 is 0 Å². The van der Waals surface area contributed by atoms with Crippen molar-refractivity contribution in [1.29, 1.82) is 0 Å². The molecule has 0 aliphatic heterocycles. The van der Waals surface area contributed by atoms with Gasteiger partial charge >= 0.3 is 0 Å². The van der Waals surface area contributed by atoms with Gasteiger partial charge in [0.2, 0.25) is 9.03 Å². The largest absolute Gasteiger partial charge is 0.449 e. The Morgan fingerprint density at radius 2 is 0.919 bits per heavy atom. The molecular formula is C34H47O2P. The minimum absolute atomic E-state index is 0.00208. The van der Waals surface area contributed by atoms with E-state index in [9.17, 15) is 4.89 Å². The third kappa shape index (κ3) is 6.13. The van der Waals surface area contributed by atoms with Gasteiger partial charge in [0.15, 0.2) is 0 Å². The molecule has 0 aromatic heterocycles. The SMILES string of the molecule is CC(C)(C)c1cccc(-c2cccc(OPO)c2-c2cccc(C(C)(C)C)c2C(C)(C)C)c1C(C)(C)C. The Hall–Kier alpha value is -2.15. The first-order chi connectivity index (χ1) is 16.9. The van der Waals surface area contributed by atoms with E-state index in [-0.39, 0.29) is 21.7 Å². The van der Waals surface area contributed by atoms with Gasteiger partial charge in [-0.1, -0.05) is 132 Å². The zero-order valence-corrected chi connectivity index (χ0v) is 26.1. The topological polar surface area (TPSA) is 29.5 Å². The monoisotopic (exact) mass is 518 g/mol. The summed E-state index contributed by atoms with van der Waals surface area (Å²) in [5, 5.41) is 0. The lowest BCUT2D eigenvalue weighted by Crippen LogP contribution is -2.24. The van der Waals surface area contributed by atoms with E-state index < -0.39 is 9.03 Å². The molecule has 3 rings (SSSR count). The number of hydrogen-bond donors (Lipinski definition) is 1. The molecule has 37 heavy (non-hydrogen) atoms. The Morgan fingerprint density at radius 1 is 0.514 bits per heavy atom. The molecule has 0 saturated carbocycles. The Bertz CT molecular complexity index is 1260. The lowest BCUT2D eigenvalue weighted by atomic mass is 9.70. The average molecular weight is 519 g/mol. The summed E-state index contributed by atoms with van der Waals surface area (Å²) in [4.78, 5) is 9.91. The molecule has 0 heterocycles. The Balaban J connectivity index is 2.57. The molecule has 3 aromatic rings. The highest BCUT2D eigenvalue weighted by Gasteiger charge is 2.32. The molecule has 0 aliphatic rings. The highest BCUT2D eigenvalue weighted by Crippen LogP contribution is 2.50. The summed E-state index contributed by atoms with van der Waals surface area (Å²) in [5.74, 6) is 0.718. The fourth-order valence-electron chi connectivity index (χ4n) is 5.57. The third-order valence-corrected chi connectivity index (χ3v) is 7.30. The maximum absolute atomic E-state index is 9.91. The van der Waals surface area contributed by atoms with E-state index in [0.29, 0.717) is 0 Å². The number of rotatable bonds is 4. The van der Waals surface area contributed by atoms with Gasteiger partial charge in [-0.2, -0.15) is 0 Å². The fourth-order valence-corrected chi connectivity index (χ4v) is 5.84. The predicted octanol–water partition coefficient (Wildman–Crippen LogP) is 10.1. The standard InChI is InChI=1S/C34H47O2P/c1-31(2,3)25-19-13-17-23(29(25)33(7,8)9)22-16-15-21-27(36-37-35)28(22)24-18-14-20-26(32(4,5)6)30(24)34(10,11)12/h13-21,35,37H,1-12H3. The van der Waals surface area contributed by atoms with Crippen molar-refractivity contribution in [2.75, 3.05) is 0 Å². The van der Waals surface area contributed by atoms with Crippen LogP contribution in [-0.4, -0.2) is 4.89 Å². The minimum Gasteiger partial charge on any atom is -0.449 e. The molecule has 3 heteroatoms. The van der Waals surface area contributed by atoms with E-state index in [0.717, 1.165) is 16.9 Å². The van der Waals surface area contributed by atoms with Crippen molar-refractivity contribution in [1.82, 2.24) is 0 Å². The molecule has 0 radical (unpaired) electrons. The van der Waals surface area contributed by atoms with Crippen LogP contribution < -0.4 is 4.52 Å². The molecule has 0 saturated heterocycles. The molecule has 3 aromatic carbocycles. The summed E-state index contributed by atoms with van der Waals surface area (Å²) >= 11 is 0. The van der Waals surface area contributed by atoms with Crippen LogP contribution in [0.4, 0.5) is 0 Å². The van der Waals surface area contributed by atoms with Gasteiger partial charge in [0.25, 0.3) is 0 Å². The smallest absolute Gasteiger partial charge is 0.212 e. The quantitative estimate of drug-likeness (QED) is 0.348. The van der Waals surface area contributed by atoms with Crippen molar-refractivity contribution in [3.8, 4) is 28.0 Å². The average Bonchev–Trinajstić information content (AvgIpc) is 2.76. The molecule has 1 atom stereocenters. The summed E-state index contributed by atoms with van der Waals surface area (Å²) in [7, 11) is -0.625. The van der Waals surface area contributed by atoms with Crippen LogP contribution in [0.25, 0.3) is 22.3 Å². The van der Waals surface area contributed by atoms with Crippen LogP contribution in [0.15, 0.2) is 54.6 Å². The normalized spacial score (nSPS) is 13.4. The number of benzene rings is 3. The first kappa shape index (κ1) is 29.4. The van der Waals surface area contributed by atoms with Gasteiger partial charge in [0.1, 0.15) is 5.75 Å². The lowest BCUT2D eigenvalue weighted by molar-refractivity contribution is 0.514. The molecule has 200 valence electrons. The second-order valence-corrected chi connectivity index (χ2v) is 14.7. The van der Waals surface area contributed by atoms with Gasteiger partial charge < -0.3 is 9.42 Å². The van der Waals surface area contributed by atoms with Crippen molar-refractivity contribution in [2.45, 2.75) is 105 Å². The summed E-state index contributed by atoms with van der Waals surface area (Å²) in [6.07, 6.45) is 0. The second-order valence-electron chi connectivity index (χ2n) is 14.3. The highest BCUT2D eigenvalue weighted by molar-refractivity contribution is 7.25. The molecule has 0 aliphatic carbocycles. The van der Waals surface area contributed by atoms with Gasteiger partial charge in [-0.15, -0.1) is 0 Å². The van der Waals surface area contributed by atoms with Gasteiger partial charge in [0, 0.05) is 5.56 Å². The Kier molecular flexibility index (Phi) is 8.10. The second kappa shape index (κ2) is 10.2. The molecular weight excluding hydrogens is 471 g/mol. The van der Waals surface area contributed by atoms with Crippen LogP contribution >= 0.6 is 9.03 Å². The van der Waals surface area contributed by atoms with Gasteiger partial charge in [-0.3, -0.25) is 0 Å². The maximum Gasteiger partial charge on any atom is 0.212 e. The molecule has 0 bridgehead atoms. The first-order valence-electron chi connectivity index (χ1n) is 13.4. The molecule has 0 fully saturated rings. The Morgan fingerprint density at radius 3 is 1.35 bits per heavy atom. The molecule has 2 nitrogen and oxygen atoms in total. The first-order valence-corrected chi connectivity index (χ1v) is 14.2. The summed E-state index contributed by atoms with van der Waals surface area (Å²) < 4.78 is 5.95. The van der Waals surface area contributed by atoms with Crippen molar-refractivity contribution >= 4 is 9.03 Å². The van der Waals surface area contributed by atoms with Crippen LogP contribution in [-0.2, 0) is 21.7 Å². The van der Waals surface area contributed by atoms with E-state index in [1.165, 1.54) is 33.4 Å². The van der Waals surface area contributed by atoms with Crippen molar-refractivity contribution in [3.05, 3.63) is 76.9 Å². The Labute approximate surface area is 227 Å². The third-order valence-electron chi connectivity index (χ3n) is 6.99. The zero-order chi connectivity index (χ0) is 28.0. The van der Waals surface area contributed by atoms with E-state index in [1.807, 2.05) is 6.07 Å². The van der Waals surface area contributed by atoms with Gasteiger partial charge in [-0.25, -0.2) is 0 Å². The van der Waals surface area contributed by atoms with Crippen LogP contribution in [0, 0.1) is 0 Å². The van der Waals surface area contributed by atoms with Gasteiger partial charge in [-0.05, 0) is 66.7 Å². The molecule has 1 unspecified atom stereocenters. The summed E-state index contributed by atoms with van der Waals surface area (Å²) in [5.41, 5.74) is 9.80. The minimum atomic E-state index is -0.625. The fraction of sp³-hybridized carbons (Fsp3) is 0.471. The van der Waals surface area contributed by atoms with Gasteiger partial charge in [0.05, 0.1) is 0 Å². The number of hydrogen-bond acceptors (Lipinski definition) is 2. The molecule has 0 spiro atoms. The van der Waals surface area contributed by atoms with Crippen molar-refractivity contribution < 1.29 is 9.42 Å². The van der Waals surface area contributed by atoms with Crippen LogP contribution in [0.3, 0.4) is 0 Å². The molecule has 0 amide bonds. The van der Waals surface area contributed by atoms with E-state index in [1.54, 1.807) is 0 Å². The van der Waals surface area contributed by atoms with Crippen molar-refractivity contribution in [3.63, 3.8) is 0 Å². The van der Waals surface area contributed by atoms with Crippen LogP contribution in [0.5, 0.6) is 5.75 Å². The summed E-state index contributed by atoms with van der Waals surface area (Å²) in [6.45, 7) is 27.5. The summed E-state index contributed by atoms with van der Waals surface area (Å²) in [6, 6.07) is 19.6. The maximum atomic E-state index is 9.91. The van der Waals surface area contributed by atoms with E-state index in [4.69, 9.17) is 4.52 Å². The van der Waals surface area contributed by atoms with Crippen molar-refractivity contribution in [2.24, 2.45) is 0 Å². The zero-order valence-electron chi connectivity index (χ0n) is 25.1. The predicted molar refractivity (Wildman–Crippen MR) is 163 cm³/mol. The molecule has 1 N–H and O–H groups in total. The van der Waals surface area contributed by atoms with E-state index in [2.05, 4.69) is 132 Å².